The summed E-state index contributed by atoms with van der Waals surface area (Å²) in [5, 5.41) is 0. The number of pyridine rings is 1. The van der Waals surface area contributed by atoms with Crippen molar-refractivity contribution in [2.24, 2.45) is 5.92 Å². The molecule has 0 radical (unpaired) electrons. The van der Waals surface area contributed by atoms with E-state index in [4.69, 9.17) is 0 Å². The molecule has 2 nitrogen and oxygen atoms in total. The Morgan fingerprint density at radius 2 is 2.23 bits per heavy atom. The van der Waals surface area contributed by atoms with E-state index >= 15 is 0 Å². The summed E-state index contributed by atoms with van der Waals surface area (Å²) >= 11 is 0. The van der Waals surface area contributed by atoms with E-state index in [1.807, 2.05) is 11.5 Å². The summed E-state index contributed by atoms with van der Waals surface area (Å²) in [6, 6.07) is 4.36. The van der Waals surface area contributed by atoms with Gasteiger partial charge in [-0.1, -0.05) is 0 Å². The summed E-state index contributed by atoms with van der Waals surface area (Å²) < 4.78 is 1.98. The van der Waals surface area contributed by atoms with Crippen LogP contribution in [0.25, 0.3) is 0 Å². The first-order valence-corrected chi connectivity index (χ1v) is 4.91. The van der Waals surface area contributed by atoms with Gasteiger partial charge in [0.2, 0.25) is 0 Å². The van der Waals surface area contributed by atoms with E-state index in [0.29, 0.717) is 12.0 Å². The third kappa shape index (κ3) is 0.808. The number of rotatable bonds is 0. The quantitative estimate of drug-likeness (QED) is 0.589. The maximum absolute atomic E-state index is 11.7. The highest BCUT2D eigenvalue weighted by Crippen LogP contribution is 2.58. The summed E-state index contributed by atoms with van der Waals surface area (Å²) in [6.07, 6.45) is 1.30. The summed E-state index contributed by atoms with van der Waals surface area (Å²) in [4.78, 5) is 11.7. The number of aromatic nitrogens is 1. The molecule has 13 heavy (non-hydrogen) atoms. The van der Waals surface area contributed by atoms with Crippen LogP contribution in [0.2, 0.25) is 0 Å². The van der Waals surface area contributed by atoms with Crippen LogP contribution in [0.5, 0.6) is 0 Å². The van der Waals surface area contributed by atoms with Crippen molar-refractivity contribution in [1.29, 1.82) is 0 Å². The Kier molecular flexibility index (Phi) is 1.17. The van der Waals surface area contributed by atoms with Crippen molar-refractivity contribution in [2.45, 2.75) is 32.2 Å². The number of fused-ring (bicyclic) bond motifs is 3. The average Bonchev–Trinajstić information content (AvgIpc) is 2.75. The molecule has 1 aliphatic heterocycles. The molecular formula is C11H13NO. The lowest BCUT2D eigenvalue weighted by atomic mass is 10.2. The molecular weight excluding hydrogens is 162 g/mol. The first kappa shape index (κ1) is 7.36. The van der Waals surface area contributed by atoms with Gasteiger partial charge >= 0.3 is 0 Å². The van der Waals surface area contributed by atoms with Crippen LogP contribution in [-0.4, -0.2) is 4.57 Å². The molecule has 0 N–H and O–H groups in total. The molecule has 2 unspecified atom stereocenters. The summed E-state index contributed by atoms with van der Waals surface area (Å²) in [5.74, 6) is 1.46. The lowest BCUT2D eigenvalue weighted by Crippen LogP contribution is -2.23. The van der Waals surface area contributed by atoms with Gasteiger partial charge in [-0.05, 0) is 37.8 Å². The van der Waals surface area contributed by atoms with Crippen LogP contribution in [0.1, 0.15) is 36.6 Å². The topological polar surface area (TPSA) is 22.0 Å². The van der Waals surface area contributed by atoms with Crippen LogP contribution < -0.4 is 5.56 Å². The van der Waals surface area contributed by atoms with E-state index in [-0.39, 0.29) is 5.56 Å². The Hall–Kier alpha value is -1.05. The number of hydrogen-bond acceptors (Lipinski definition) is 1. The lowest BCUT2D eigenvalue weighted by Gasteiger charge is -2.12. The average molecular weight is 175 g/mol. The van der Waals surface area contributed by atoms with E-state index in [9.17, 15) is 4.79 Å². The molecule has 1 aromatic rings. The molecule has 1 aromatic heterocycles. The van der Waals surface area contributed by atoms with Gasteiger partial charge in [0.25, 0.3) is 5.56 Å². The number of nitrogens with zero attached hydrogens (tertiary/aromatic N) is 1. The van der Waals surface area contributed by atoms with E-state index in [1.54, 1.807) is 6.07 Å². The fourth-order valence-electron chi connectivity index (χ4n) is 2.74. The van der Waals surface area contributed by atoms with Gasteiger partial charge in [0.15, 0.2) is 0 Å². The van der Waals surface area contributed by atoms with Gasteiger partial charge in [0.1, 0.15) is 0 Å². The van der Waals surface area contributed by atoms with Gasteiger partial charge < -0.3 is 4.57 Å². The highest BCUT2D eigenvalue weighted by atomic mass is 16.1. The molecule has 3 atom stereocenters. The van der Waals surface area contributed by atoms with Crippen molar-refractivity contribution in [3.63, 3.8) is 0 Å². The maximum Gasteiger partial charge on any atom is 0.251 e. The third-order valence-corrected chi connectivity index (χ3v) is 3.49. The molecule has 0 bridgehead atoms. The molecule has 2 heterocycles. The third-order valence-electron chi connectivity index (χ3n) is 3.49. The van der Waals surface area contributed by atoms with Crippen molar-refractivity contribution in [2.75, 3.05) is 0 Å². The Bertz CT molecular complexity index is 432. The summed E-state index contributed by atoms with van der Waals surface area (Å²) in [5.41, 5.74) is 2.58. The number of aryl methyl sites for hydroxylation is 1. The standard InChI is InChI=1S/C11H13NO/c1-6-3-10-9-5-8(9)7(2)12(10)11(13)4-6/h3-4,7-9H,5H2,1-2H3/t7-,8?,9?/m0/s1. The number of hydrogen-bond donors (Lipinski definition) is 0. The van der Waals surface area contributed by atoms with E-state index < -0.39 is 0 Å². The van der Waals surface area contributed by atoms with E-state index in [1.165, 1.54) is 12.1 Å². The fourth-order valence-corrected chi connectivity index (χ4v) is 2.74. The highest BCUT2D eigenvalue weighted by Gasteiger charge is 2.50. The molecule has 1 fully saturated rings. The van der Waals surface area contributed by atoms with Gasteiger partial charge in [-0.2, -0.15) is 0 Å². The van der Waals surface area contributed by atoms with Crippen molar-refractivity contribution in [3.8, 4) is 0 Å². The molecule has 1 aliphatic carbocycles. The smallest absolute Gasteiger partial charge is 0.251 e. The Morgan fingerprint density at radius 3 is 3.00 bits per heavy atom. The fraction of sp³-hybridized carbons (Fsp3) is 0.545. The van der Waals surface area contributed by atoms with Crippen molar-refractivity contribution in [3.05, 3.63) is 33.7 Å². The second-order valence-electron chi connectivity index (χ2n) is 4.41. The molecule has 68 valence electrons. The van der Waals surface area contributed by atoms with Gasteiger partial charge in [-0.3, -0.25) is 4.79 Å². The Balaban J connectivity index is 2.31. The summed E-state index contributed by atoms with van der Waals surface area (Å²) in [6.45, 7) is 4.17. The minimum Gasteiger partial charge on any atom is -0.309 e. The maximum atomic E-state index is 11.7. The van der Waals surface area contributed by atoms with Crippen LogP contribution in [0.4, 0.5) is 0 Å². The minimum absolute atomic E-state index is 0.190. The molecule has 0 spiro atoms. The van der Waals surface area contributed by atoms with Crippen LogP contribution >= 0.6 is 0 Å². The molecule has 2 heteroatoms. The molecule has 1 saturated carbocycles. The minimum atomic E-state index is 0.190. The molecule has 0 aromatic carbocycles. The van der Waals surface area contributed by atoms with Crippen molar-refractivity contribution >= 4 is 0 Å². The van der Waals surface area contributed by atoms with Crippen molar-refractivity contribution in [1.82, 2.24) is 4.57 Å². The second kappa shape index (κ2) is 2.06. The Labute approximate surface area is 77.2 Å². The largest absolute Gasteiger partial charge is 0.309 e. The van der Waals surface area contributed by atoms with Crippen molar-refractivity contribution < 1.29 is 0 Å². The predicted octanol–water partition coefficient (Wildman–Crippen LogP) is 1.83. The van der Waals surface area contributed by atoms with Gasteiger partial charge in [0.05, 0.1) is 0 Å². The van der Waals surface area contributed by atoms with Crippen LogP contribution in [-0.2, 0) is 0 Å². The molecule has 0 amide bonds. The van der Waals surface area contributed by atoms with Crippen LogP contribution in [0.15, 0.2) is 16.9 Å². The van der Waals surface area contributed by atoms with Gasteiger partial charge in [-0.25, -0.2) is 0 Å². The highest BCUT2D eigenvalue weighted by molar-refractivity contribution is 5.30. The monoisotopic (exact) mass is 175 g/mol. The van der Waals surface area contributed by atoms with Crippen LogP contribution in [0, 0.1) is 12.8 Å². The van der Waals surface area contributed by atoms with Gasteiger partial charge in [0, 0.05) is 23.7 Å². The first-order chi connectivity index (χ1) is 6.18. The lowest BCUT2D eigenvalue weighted by molar-refractivity contribution is 0.503. The van der Waals surface area contributed by atoms with E-state index in [2.05, 4.69) is 13.0 Å². The Morgan fingerprint density at radius 1 is 1.46 bits per heavy atom. The molecule has 3 rings (SSSR count). The molecule has 2 aliphatic rings. The first-order valence-electron chi connectivity index (χ1n) is 4.91. The summed E-state index contributed by atoms with van der Waals surface area (Å²) in [7, 11) is 0. The van der Waals surface area contributed by atoms with Crippen LogP contribution in [0.3, 0.4) is 0 Å². The zero-order valence-electron chi connectivity index (χ0n) is 7.95. The zero-order chi connectivity index (χ0) is 9.16. The normalized spacial score (nSPS) is 34.2. The molecule has 0 saturated heterocycles. The van der Waals surface area contributed by atoms with E-state index in [0.717, 1.165) is 11.5 Å². The van der Waals surface area contributed by atoms with Gasteiger partial charge in [-0.15, -0.1) is 0 Å². The SMILES string of the molecule is Cc1cc2n(c(=O)c1)[C@@H](C)C1CC21. The zero-order valence-corrected chi connectivity index (χ0v) is 7.95. The predicted molar refractivity (Wildman–Crippen MR) is 51.0 cm³/mol. The second-order valence-corrected chi connectivity index (χ2v) is 4.41.